The Balaban J connectivity index is 1.89. The number of hydrogen-bond acceptors (Lipinski definition) is 5. The van der Waals surface area contributed by atoms with Crippen LogP contribution in [0.15, 0.2) is 40.9 Å². The molecule has 1 aromatic carbocycles. The van der Waals surface area contributed by atoms with Gasteiger partial charge in [0.25, 0.3) is 0 Å². The molecule has 0 spiro atoms. The highest BCUT2D eigenvalue weighted by molar-refractivity contribution is 6.05. The molecule has 0 fully saturated rings. The van der Waals surface area contributed by atoms with Gasteiger partial charge in [-0.2, -0.15) is 13.2 Å². The summed E-state index contributed by atoms with van der Waals surface area (Å²) in [5, 5.41) is 3.48. The van der Waals surface area contributed by atoms with Crippen molar-refractivity contribution in [3.63, 3.8) is 0 Å². The van der Waals surface area contributed by atoms with Crippen molar-refractivity contribution in [3.05, 3.63) is 59.1 Å². The van der Waals surface area contributed by atoms with Crippen LogP contribution in [-0.2, 0) is 17.5 Å². The third-order valence-corrected chi connectivity index (χ3v) is 3.99. The number of nitrogens with zero attached hydrogens (tertiary/aromatic N) is 1. The highest BCUT2D eigenvalue weighted by atomic mass is 19.4. The minimum Gasteiger partial charge on any atom is -0.462 e. The van der Waals surface area contributed by atoms with Gasteiger partial charge in [-0.05, 0) is 38.1 Å². The molecule has 0 saturated carbocycles. The molecule has 27 heavy (non-hydrogen) atoms. The zero-order valence-corrected chi connectivity index (χ0v) is 14.7. The van der Waals surface area contributed by atoms with E-state index in [9.17, 15) is 18.0 Å². The van der Waals surface area contributed by atoms with Crippen LogP contribution < -0.4 is 5.32 Å². The highest BCUT2D eigenvalue weighted by Gasteiger charge is 2.34. The number of halogens is 3. The number of carbonyl (C=O) groups excluding carboxylic acids is 1. The normalized spacial score (nSPS) is 11.6. The molecule has 2 heterocycles. The summed E-state index contributed by atoms with van der Waals surface area (Å²) in [5.74, 6) is -0.0789. The van der Waals surface area contributed by atoms with Gasteiger partial charge < -0.3 is 14.5 Å². The number of carbonyl (C=O) groups is 1. The summed E-state index contributed by atoms with van der Waals surface area (Å²) in [4.78, 5) is 15.6. The monoisotopic (exact) mass is 378 g/mol. The molecule has 0 atom stereocenters. The molecule has 0 bridgehead atoms. The Bertz CT molecular complexity index is 980. The third-order valence-electron chi connectivity index (χ3n) is 3.99. The molecule has 5 nitrogen and oxygen atoms in total. The fourth-order valence-corrected chi connectivity index (χ4v) is 2.82. The molecule has 1 N–H and O–H groups in total. The van der Waals surface area contributed by atoms with E-state index in [0.29, 0.717) is 28.0 Å². The molecule has 3 rings (SSSR count). The predicted molar refractivity (Wildman–Crippen MR) is 93.5 cm³/mol. The minimum atomic E-state index is -4.53. The predicted octanol–water partition coefficient (Wildman–Crippen LogP) is 4.94. The topological polar surface area (TPSA) is 64.4 Å². The number of hydrogen-bond donors (Lipinski definition) is 1. The van der Waals surface area contributed by atoms with Gasteiger partial charge in [-0.25, -0.2) is 4.79 Å². The average molecular weight is 378 g/mol. The fraction of sp³-hybridized carbons (Fsp3) is 0.263. The van der Waals surface area contributed by atoms with Crippen molar-refractivity contribution in [1.29, 1.82) is 0 Å². The Hall–Kier alpha value is -3.03. The van der Waals surface area contributed by atoms with Crippen molar-refractivity contribution in [2.24, 2.45) is 0 Å². The lowest BCUT2D eigenvalue weighted by atomic mass is 10.1. The van der Waals surface area contributed by atoms with Crippen LogP contribution >= 0.6 is 0 Å². The standard InChI is InChI=1S/C19H17F3N2O3/c1-3-26-18(25)16-11(2)27-15-7-6-13(9-14(15)16)24-10-12-5-4-8-23-17(12)19(20,21)22/h4-9,24H,3,10H2,1-2H3. The Morgan fingerprint density at radius 3 is 2.78 bits per heavy atom. The smallest absolute Gasteiger partial charge is 0.433 e. The van der Waals surface area contributed by atoms with Crippen LogP contribution in [-0.4, -0.2) is 17.6 Å². The van der Waals surface area contributed by atoms with Crippen molar-refractivity contribution in [2.75, 3.05) is 11.9 Å². The summed E-state index contributed by atoms with van der Waals surface area (Å²) in [6.07, 6.45) is -3.42. The summed E-state index contributed by atoms with van der Waals surface area (Å²) in [6, 6.07) is 7.80. The largest absolute Gasteiger partial charge is 0.462 e. The van der Waals surface area contributed by atoms with Crippen LogP contribution in [0, 0.1) is 6.92 Å². The second kappa shape index (κ2) is 7.30. The number of ether oxygens (including phenoxy) is 1. The van der Waals surface area contributed by atoms with E-state index >= 15 is 0 Å². The number of fused-ring (bicyclic) bond motifs is 1. The summed E-state index contributed by atoms with van der Waals surface area (Å²) in [7, 11) is 0. The Morgan fingerprint density at radius 1 is 1.30 bits per heavy atom. The van der Waals surface area contributed by atoms with Crippen molar-refractivity contribution in [2.45, 2.75) is 26.6 Å². The number of pyridine rings is 1. The molecular formula is C19H17F3N2O3. The van der Waals surface area contributed by atoms with Gasteiger partial charge in [0.2, 0.25) is 0 Å². The average Bonchev–Trinajstić information content (AvgIpc) is 2.94. The van der Waals surface area contributed by atoms with Gasteiger partial charge in [0, 0.05) is 29.4 Å². The van der Waals surface area contributed by atoms with Gasteiger partial charge in [0.05, 0.1) is 6.61 Å². The molecule has 0 radical (unpaired) electrons. The first-order valence-corrected chi connectivity index (χ1v) is 8.26. The van der Waals surface area contributed by atoms with Crippen LogP contribution in [0.3, 0.4) is 0 Å². The quantitative estimate of drug-likeness (QED) is 0.637. The number of furan rings is 1. The lowest BCUT2D eigenvalue weighted by Crippen LogP contribution is -2.14. The summed E-state index contributed by atoms with van der Waals surface area (Å²) < 4.78 is 49.7. The second-order valence-corrected chi connectivity index (χ2v) is 5.83. The molecule has 3 aromatic rings. The van der Waals surface area contributed by atoms with Crippen molar-refractivity contribution < 1.29 is 27.1 Å². The van der Waals surface area contributed by atoms with E-state index in [1.165, 1.54) is 12.1 Å². The number of aromatic nitrogens is 1. The van der Waals surface area contributed by atoms with E-state index in [0.717, 1.165) is 6.20 Å². The van der Waals surface area contributed by atoms with Crippen molar-refractivity contribution in [3.8, 4) is 0 Å². The third kappa shape index (κ3) is 3.89. The molecule has 142 valence electrons. The van der Waals surface area contributed by atoms with E-state index in [2.05, 4.69) is 10.3 Å². The number of anilines is 1. The highest BCUT2D eigenvalue weighted by Crippen LogP contribution is 2.31. The molecule has 0 aliphatic carbocycles. The maximum absolute atomic E-state index is 13.0. The summed E-state index contributed by atoms with van der Waals surface area (Å²) in [6.45, 7) is 3.52. The van der Waals surface area contributed by atoms with Gasteiger partial charge in [-0.1, -0.05) is 6.07 Å². The number of esters is 1. The Labute approximate surface area is 153 Å². The molecule has 0 saturated heterocycles. The minimum absolute atomic E-state index is 0.0269. The zero-order valence-electron chi connectivity index (χ0n) is 14.7. The molecular weight excluding hydrogens is 361 g/mol. The van der Waals surface area contributed by atoms with E-state index in [-0.39, 0.29) is 18.7 Å². The first kappa shape index (κ1) is 18.8. The zero-order chi connectivity index (χ0) is 19.6. The van der Waals surface area contributed by atoms with Crippen molar-refractivity contribution in [1.82, 2.24) is 4.98 Å². The number of nitrogens with one attached hydrogen (secondary N) is 1. The molecule has 0 unspecified atom stereocenters. The maximum Gasteiger partial charge on any atom is 0.433 e. The SMILES string of the molecule is CCOC(=O)c1c(C)oc2ccc(NCc3cccnc3C(F)(F)F)cc12. The molecule has 0 aliphatic rings. The van der Waals surface area contributed by atoms with Gasteiger partial charge >= 0.3 is 12.1 Å². The summed E-state index contributed by atoms with van der Waals surface area (Å²) in [5.41, 5.74) is 0.459. The number of alkyl halides is 3. The molecule has 8 heteroatoms. The fourth-order valence-electron chi connectivity index (χ4n) is 2.82. The van der Waals surface area contributed by atoms with Crippen LogP contribution in [0.1, 0.15) is 34.3 Å². The first-order valence-electron chi connectivity index (χ1n) is 8.26. The van der Waals surface area contributed by atoms with E-state index in [1.54, 1.807) is 32.0 Å². The van der Waals surface area contributed by atoms with Gasteiger partial charge in [0.1, 0.15) is 22.6 Å². The van der Waals surface area contributed by atoms with Crippen LogP contribution in [0.5, 0.6) is 0 Å². The number of benzene rings is 1. The second-order valence-electron chi connectivity index (χ2n) is 5.83. The van der Waals surface area contributed by atoms with Gasteiger partial charge in [0.15, 0.2) is 0 Å². The van der Waals surface area contributed by atoms with Gasteiger partial charge in [-0.3, -0.25) is 4.98 Å². The van der Waals surface area contributed by atoms with Gasteiger partial charge in [-0.15, -0.1) is 0 Å². The lowest BCUT2D eigenvalue weighted by Gasteiger charge is -2.12. The molecule has 0 amide bonds. The maximum atomic E-state index is 13.0. The van der Waals surface area contributed by atoms with Crippen LogP contribution in [0.2, 0.25) is 0 Å². The number of rotatable bonds is 5. The van der Waals surface area contributed by atoms with E-state index in [1.807, 2.05) is 0 Å². The Morgan fingerprint density at radius 2 is 2.07 bits per heavy atom. The van der Waals surface area contributed by atoms with Crippen molar-refractivity contribution >= 4 is 22.6 Å². The Kier molecular flexibility index (Phi) is 5.07. The van der Waals surface area contributed by atoms with E-state index in [4.69, 9.17) is 9.15 Å². The van der Waals surface area contributed by atoms with E-state index < -0.39 is 17.8 Å². The molecule has 2 aromatic heterocycles. The number of aryl methyl sites for hydroxylation is 1. The van der Waals surface area contributed by atoms with Crippen LogP contribution in [0.25, 0.3) is 11.0 Å². The van der Waals surface area contributed by atoms with Crippen LogP contribution in [0.4, 0.5) is 18.9 Å². The molecule has 0 aliphatic heterocycles. The first-order chi connectivity index (χ1) is 12.8. The lowest BCUT2D eigenvalue weighted by molar-refractivity contribution is -0.141. The summed E-state index contributed by atoms with van der Waals surface area (Å²) >= 11 is 0.